The van der Waals surface area contributed by atoms with Gasteiger partial charge >= 0.3 is 0 Å². The summed E-state index contributed by atoms with van der Waals surface area (Å²) in [6.45, 7) is 0.346. The van der Waals surface area contributed by atoms with E-state index in [-0.39, 0.29) is 5.92 Å². The smallest absolute Gasteiger partial charge is 0.0871 e. The van der Waals surface area contributed by atoms with E-state index >= 15 is 0 Å². The first-order chi connectivity index (χ1) is 9.13. The van der Waals surface area contributed by atoms with Crippen molar-refractivity contribution in [2.75, 3.05) is 6.54 Å². The van der Waals surface area contributed by atoms with Crippen molar-refractivity contribution < 1.29 is 5.11 Å². The summed E-state index contributed by atoms with van der Waals surface area (Å²) in [7, 11) is 0. The van der Waals surface area contributed by atoms with Crippen molar-refractivity contribution in [1.29, 1.82) is 0 Å². The van der Waals surface area contributed by atoms with Crippen LogP contribution in [0, 0.1) is 0 Å². The standard InChI is InChI=1S/C14H14BrClN2O/c15-12-2-1-10(7-13(12)16)14(19)11(8-17)9-3-5-18-6-4-9/h1-7,11,14,19H,8,17H2. The molecule has 1 aromatic heterocycles. The van der Waals surface area contributed by atoms with Crippen molar-refractivity contribution in [3.63, 3.8) is 0 Å². The summed E-state index contributed by atoms with van der Waals surface area (Å²) in [6, 6.07) is 9.13. The molecule has 0 aliphatic heterocycles. The predicted molar refractivity (Wildman–Crippen MR) is 80.1 cm³/mol. The molecule has 3 nitrogen and oxygen atoms in total. The maximum atomic E-state index is 10.5. The maximum Gasteiger partial charge on any atom is 0.0871 e. The van der Waals surface area contributed by atoms with Gasteiger partial charge in [-0.1, -0.05) is 17.7 Å². The molecule has 1 aromatic carbocycles. The highest BCUT2D eigenvalue weighted by Crippen LogP contribution is 2.33. The Kier molecular flexibility index (Phi) is 4.93. The van der Waals surface area contributed by atoms with E-state index in [1.54, 1.807) is 18.5 Å². The van der Waals surface area contributed by atoms with Gasteiger partial charge in [-0.15, -0.1) is 0 Å². The Morgan fingerprint density at radius 1 is 1.21 bits per heavy atom. The number of hydrogen-bond acceptors (Lipinski definition) is 3. The molecule has 0 fully saturated rings. The van der Waals surface area contributed by atoms with Gasteiger partial charge in [0.1, 0.15) is 0 Å². The number of pyridine rings is 1. The van der Waals surface area contributed by atoms with Crippen LogP contribution in [0.1, 0.15) is 23.1 Å². The number of aliphatic hydroxyl groups is 1. The van der Waals surface area contributed by atoms with Crippen LogP contribution in [-0.4, -0.2) is 16.6 Å². The normalized spacial score (nSPS) is 14.1. The molecule has 0 bridgehead atoms. The van der Waals surface area contributed by atoms with Crippen molar-refractivity contribution in [1.82, 2.24) is 4.98 Å². The third-order valence-electron chi connectivity index (χ3n) is 3.05. The molecule has 5 heteroatoms. The molecule has 19 heavy (non-hydrogen) atoms. The molecule has 0 aliphatic rings. The predicted octanol–water partition coefficient (Wildman–Crippen LogP) is 3.27. The van der Waals surface area contributed by atoms with Crippen LogP contribution in [0.25, 0.3) is 0 Å². The average Bonchev–Trinajstić information content (AvgIpc) is 2.44. The van der Waals surface area contributed by atoms with E-state index in [0.717, 1.165) is 15.6 Å². The second-order valence-corrected chi connectivity index (χ2v) is 5.50. The first kappa shape index (κ1) is 14.5. The minimum atomic E-state index is -0.696. The molecule has 0 saturated heterocycles. The number of rotatable bonds is 4. The van der Waals surface area contributed by atoms with E-state index in [4.69, 9.17) is 17.3 Å². The minimum absolute atomic E-state index is 0.180. The largest absolute Gasteiger partial charge is 0.388 e. The Morgan fingerprint density at radius 3 is 2.47 bits per heavy atom. The summed E-state index contributed by atoms with van der Waals surface area (Å²) in [5, 5.41) is 11.0. The first-order valence-corrected chi connectivity index (χ1v) is 7.03. The van der Waals surface area contributed by atoms with E-state index in [1.165, 1.54) is 0 Å². The van der Waals surface area contributed by atoms with Crippen LogP contribution < -0.4 is 5.73 Å². The quantitative estimate of drug-likeness (QED) is 0.897. The van der Waals surface area contributed by atoms with Crippen molar-refractivity contribution >= 4 is 27.5 Å². The maximum absolute atomic E-state index is 10.5. The van der Waals surface area contributed by atoms with Gasteiger partial charge in [-0.2, -0.15) is 0 Å². The van der Waals surface area contributed by atoms with Gasteiger partial charge in [0, 0.05) is 29.3 Å². The lowest BCUT2D eigenvalue weighted by Gasteiger charge is -2.22. The Labute approximate surface area is 125 Å². The average molecular weight is 342 g/mol. The van der Waals surface area contributed by atoms with Crippen LogP contribution in [0.3, 0.4) is 0 Å². The lowest BCUT2D eigenvalue weighted by molar-refractivity contribution is 0.147. The van der Waals surface area contributed by atoms with Crippen LogP contribution >= 0.6 is 27.5 Å². The van der Waals surface area contributed by atoms with Gasteiger partial charge in [-0.05, 0) is 51.3 Å². The monoisotopic (exact) mass is 340 g/mol. The van der Waals surface area contributed by atoms with Crippen LogP contribution in [0.5, 0.6) is 0 Å². The highest BCUT2D eigenvalue weighted by Gasteiger charge is 2.21. The molecule has 2 unspecified atom stereocenters. The molecule has 3 N–H and O–H groups in total. The minimum Gasteiger partial charge on any atom is -0.388 e. The fourth-order valence-electron chi connectivity index (χ4n) is 1.99. The SMILES string of the molecule is NCC(c1ccncc1)C(O)c1ccc(Br)c(Cl)c1. The number of aromatic nitrogens is 1. The topological polar surface area (TPSA) is 59.1 Å². The summed E-state index contributed by atoms with van der Waals surface area (Å²) >= 11 is 9.38. The fourth-order valence-corrected chi connectivity index (χ4v) is 2.42. The highest BCUT2D eigenvalue weighted by molar-refractivity contribution is 9.10. The molecule has 100 valence electrons. The Balaban J connectivity index is 2.30. The Bertz CT molecular complexity index is 550. The molecular weight excluding hydrogens is 328 g/mol. The van der Waals surface area contributed by atoms with Gasteiger partial charge in [0.15, 0.2) is 0 Å². The number of hydrogen-bond donors (Lipinski definition) is 2. The molecule has 0 saturated carbocycles. The van der Waals surface area contributed by atoms with E-state index in [0.29, 0.717) is 11.6 Å². The van der Waals surface area contributed by atoms with Crippen molar-refractivity contribution in [2.45, 2.75) is 12.0 Å². The van der Waals surface area contributed by atoms with Crippen LogP contribution in [0.15, 0.2) is 47.2 Å². The number of halogens is 2. The Hall–Kier alpha value is -0.940. The third kappa shape index (κ3) is 3.34. The van der Waals surface area contributed by atoms with Crippen molar-refractivity contribution in [3.05, 3.63) is 63.3 Å². The molecule has 0 radical (unpaired) electrons. The second kappa shape index (κ2) is 6.48. The van der Waals surface area contributed by atoms with Crippen molar-refractivity contribution in [3.8, 4) is 0 Å². The van der Waals surface area contributed by atoms with E-state index < -0.39 is 6.10 Å². The molecule has 0 aliphatic carbocycles. The third-order valence-corrected chi connectivity index (χ3v) is 4.29. The summed E-state index contributed by atoms with van der Waals surface area (Å²) in [4.78, 5) is 3.97. The van der Waals surface area contributed by atoms with Gasteiger partial charge in [-0.3, -0.25) is 4.98 Å². The molecular formula is C14H14BrClN2O. The highest BCUT2D eigenvalue weighted by atomic mass is 79.9. The summed E-state index contributed by atoms with van der Waals surface area (Å²) in [6.07, 6.45) is 2.69. The van der Waals surface area contributed by atoms with Crippen molar-refractivity contribution in [2.24, 2.45) is 5.73 Å². The summed E-state index contributed by atoms with van der Waals surface area (Å²) in [5.74, 6) is -0.180. The Morgan fingerprint density at radius 2 is 1.89 bits per heavy atom. The molecule has 2 rings (SSSR count). The van der Waals surface area contributed by atoms with Gasteiger partial charge < -0.3 is 10.8 Å². The molecule has 0 amide bonds. The zero-order valence-electron chi connectivity index (χ0n) is 10.1. The van der Waals surface area contributed by atoms with Gasteiger partial charge in [0.05, 0.1) is 11.1 Å². The van der Waals surface area contributed by atoms with Crippen LogP contribution in [0.4, 0.5) is 0 Å². The van der Waals surface area contributed by atoms with Crippen LogP contribution in [0.2, 0.25) is 5.02 Å². The lowest BCUT2D eigenvalue weighted by atomic mass is 9.90. The lowest BCUT2D eigenvalue weighted by Crippen LogP contribution is -2.20. The second-order valence-electron chi connectivity index (χ2n) is 4.24. The van der Waals surface area contributed by atoms with E-state index in [9.17, 15) is 5.11 Å². The molecule has 2 atom stereocenters. The number of nitrogens with zero attached hydrogens (tertiary/aromatic N) is 1. The first-order valence-electron chi connectivity index (χ1n) is 5.86. The van der Waals surface area contributed by atoms with E-state index in [1.807, 2.05) is 24.3 Å². The zero-order valence-corrected chi connectivity index (χ0v) is 12.5. The summed E-state index contributed by atoms with van der Waals surface area (Å²) < 4.78 is 0.804. The molecule has 1 heterocycles. The van der Waals surface area contributed by atoms with Gasteiger partial charge in [0.2, 0.25) is 0 Å². The van der Waals surface area contributed by atoms with Gasteiger partial charge in [0.25, 0.3) is 0 Å². The number of aliphatic hydroxyl groups excluding tert-OH is 1. The number of nitrogens with two attached hydrogens (primary N) is 1. The molecule has 0 spiro atoms. The van der Waals surface area contributed by atoms with E-state index in [2.05, 4.69) is 20.9 Å². The zero-order chi connectivity index (χ0) is 13.8. The molecule has 2 aromatic rings. The number of benzene rings is 1. The summed E-state index contributed by atoms with van der Waals surface area (Å²) in [5.41, 5.74) is 7.50. The van der Waals surface area contributed by atoms with Gasteiger partial charge in [-0.25, -0.2) is 0 Å². The van der Waals surface area contributed by atoms with Crippen LogP contribution in [-0.2, 0) is 0 Å². The fraction of sp³-hybridized carbons (Fsp3) is 0.214.